The lowest BCUT2D eigenvalue weighted by molar-refractivity contribution is 0.0769. The van der Waals surface area contributed by atoms with E-state index in [1.165, 1.54) is 0 Å². The highest BCUT2D eigenvalue weighted by Crippen LogP contribution is 2.23. The Labute approximate surface area is 102 Å². The number of hydrogen-bond donors (Lipinski definition) is 0. The van der Waals surface area contributed by atoms with E-state index in [9.17, 15) is 4.79 Å². The van der Waals surface area contributed by atoms with E-state index >= 15 is 0 Å². The fourth-order valence-electron chi connectivity index (χ4n) is 1.61. The largest absolute Gasteiger partial charge is 0.339 e. The van der Waals surface area contributed by atoms with E-state index < -0.39 is 0 Å². The summed E-state index contributed by atoms with van der Waals surface area (Å²) in [5.41, 5.74) is 0.832. The molecule has 3 heteroatoms. The van der Waals surface area contributed by atoms with Crippen molar-refractivity contribution in [2.75, 3.05) is 18.8 Å². The summed E-state index contributed by atoms with van der Waals surface area (Å²) in [5, 5.41) is 0. The SMILES string of the molecule is CCSc1ccccc1C(=O)N(CC)CC. The Morgan fingerprint density at radius 1 is 1.19 bits per heavy atom. The van der Waals surface area contributed by atoms with Gasteiger partial charge in [-0.15, -0.1) is 11.8 Å². The normalized spacial score (nSPS) is 10.2. The molecule has 0 bridgehead atoms. The maximum Gasteiger partial charge on any atom is 0.254 e. The molecule has 0 aliphatic heterocycles. The van der Waals surface area contributed by atoms with Gasteiger partial charge in [0.2, 0.25) is 0 Å². The molecule has 0 aliphatic rings. The third kappa shape index (κ3) is 3.01. The molecule has 1 aromatic carbocycles. The van der Waals surface area contributed by atoms with E-state index in [-0.39, 0.29) is 5.91 Å². The Hall–Kier alpha value is -0.960. The lowest BCUT2D eigenvalue weighted by Gasteiger charge is -2.20. The van der Waals surface area contributed by atoms with Crippen LogP contribution in [0.5, 0.6) is 0 Å². The average molecular weight is 237 g/mol. The van der Waals surface area contributed by atoms with Crippen LogP contribution >= 0.6 is 11.8 Å². The summed E-state index contributed by atoms with van der Waals surface area (Å²) in [6, 6.07) is 7.84. The summed E-state index contributed by atoms with van der Waals surface area (Å²) in [5.74, 6) is 1.13. The van der Waals surface area contributed by atoms with E-state index in [0.717, 1.165) is 29.3 Å². The molecule has 1 rings (SSSR count). The van der Waals surface area contributed by atoms with Crippen LogP contribution in [0.3, 0.4) is 0 Å². The number of carbonyl (C=O) groups excluding carboxylic acids is 1. The summed E-state index contributed by atoms with van der Waals surface area (Å²) in [6.45, 7) is 7.65. The number of hydrogen-bond acceptors (Lipinski definition) is 2. The van der Waals surface area contributed by atoms with Crippen molar-refractivity contribution in [1.29, 1.82) is 0 Å². The van der Waals surface area contributed by atoms with Crippen molar-refractivity contribution in [2.24, 2.45) is 0 Å². The Balaban J connectivity index is 2.97. The van der Waals surface area contributed by atoms with Crippen LogP contribution in [-0.4, -0.2) is 29.6 Å². The summed E-state index contributed by atoms with van der Waals surface area (Å²) in [7, 11) is 0. The van der Waals surface area contributed by atoms with Crippen molar-refractivity contribution in [3.05, 3.63) is 29.8 Å². The van der Waals surface area contributed by atoms with Crippen molar-refractivity contribution < 1.29 is 4.79 Å². The van der Waals surface area contributed by atoms with Crippen molar-refractivity contribution in [1.82, 2.24) is 4.90 Å². The minimum atomic E-state index is 0.140. The number of carbonyl (C=O) groups is 1. The molecule has 0 radical (unpaired) electrons. The predicted molar refractivity (Wildman–Crippen MR) is 70.1 cm³/mol. The number of amides is 1. The fourth-order valence-corrected chi connectivity index (χ4v) is 2.40. The first-order valence-electron chi connectivity index (χ1n) is 5.75. The molecule has 0 saturated carbocycles. The van der Waals surface area contributed by atoms with E-state index in [1.807, 2.05) is 43.0 Å². The maximum atomic E-state index is 12.2. The minimum Gasteiger partial charge on any atom is -0.339 e. The second-order valence-corrected chi connectivity index (χ2v) is 4.71. The Morgan fingerprint density at radius 2 is 1.81 bits per heavy atom. The molecule has 0 saturated heterocycles. The quantitative estimate of drug-likeness (QED) is 0.732. The maximum absolute atomic E-state index is 12.2. The van der Waals surface area contributed by atoms with Crippen LogP contribution in [-0.2, 0) is 0 Å². The highest BCUT2D eigenvalue weighted by atomic mass is 32.2. The predicted octanol–water partition coefficient (Wildman–Crippen LogP) is 3.28. The van der Waals surface area contributed by atoms with Crippen LogP contribution in [0.1, 0.15) is 31.1 Å². The van der Waals surface area contributed by atoms with Gasteiger partial charge in [-0.05, 0) is 31.7 Å². The summed E-state index contributed by atoms with van der Waals surface area (Å²) in [4.78, 5) is 15.2. The van der Waals surface area contributed by atoms with Gasteiger partial charge in [0.15, 0.2) is 0 Å². The zero-order valence-electron chi connectivity index (χ0n) is 10.2. The highest BCUT2D eigenvalue weighted by molar-refractivity contribution is 7.99. The molecular weight excluding hydrogens is 218 g/mol. The standard InChI is InChI=1S/C13H19NOS/c1-4-14(5-2)13(15)11-9-7-8-10-12(11)16-6-3/h7-10H,4-6H2,1-3H3. The Morgan fingerprint density at radius 3 is 2.38 bits per heavy atom. The zero-order chi connectivity index (χ0) is 12.0. The van der Waals surface area contributed by atoms with Crippen LogP contribution in [0.4, 0.5) is 0 Å². The molecule has 0 fully saturated rings. The van der Waals surface area contributed by atoms with E-state index in [2.05, 4.69) is 6.92 Å². The third-order valence-electron chi connectivity index (χ3n) is 2.47. The second-order valence-electron chi connectivity index (χ2n) is 3.41. The van der Waals surface area contributed by atoms with Crippen LogP contribution in [0.15, 0.2) is 29.2 Å². The first-order chi connectivity index (χ1) is 7.74. The van der Waals surface area contributed by atoms with E-state index in [1.54, 1.807) is 11.8 Å². The fraction of sp³-hybridized carbons (Fsp3) is 0.462. The van der Waals surface area contributed by atoms with Gasteiger partial charge in [-0.1, -0.05) is 19.1 Å². The lowest BCUT2D eigenvalue weighted by Crippen LogP contribution is -2.30. The molecule has 0 spiro atoms. The number of rotatable bonds is 5. The molecule has 0 atom stereocenters. The smallest absolute Gasteiger partial charge is 0.254 e. The van der Waals surface area contributed by atoms with E-state index in [4.69, 9.17) is 0 Å². The number of benzene rings is 1. The van der Waals surface area contributed by atoms with Crippen LogP contribution in [0.2, 0.25) is 0 Å². The van der Waals surface area contributed by atoms with Crippen molar-refractivity contribution in [3.63, 3.8) is 0 Å². The topological polar surface area (TPSA) is 20.3 Å². The van der Waals surface area contributed by atoms with Gasteiger partial charge in [-0.2, -0.15) is 0 Å². The number of thioether (sulfide) groups is 1. The summed E-state index contributed by atoms with van der Waals surface area (Å²) >= 11 is 1.72. The first kappa shape index (κ1) is 13.1. The average Bonchev–Trinajstić information content (AvgIpc) is 2.31. The Kier molecular flexibility index (Phi) is 5.39. The molecule has 1 aromatic rings. The van der Waals surface area contributed by atoms with Crippen molar-refractivity contribution >= 4 is 17.7 Å². The Bertz CT molecular complexity index is 348. The first-order valence-corrected chi connectivity index (χ1v) is 6.74. The monoisotopic (exact) mass is 237 g/mol. The molecule has 1 amide bonds. The van der Waals surface area contributed by atoms with E-state index in [0.29, 0.717) is 0 Å². The van der Waals surface area contributed by atoms with Crippen LogP contribution < -0.4 is 0 Å². The highest BCUT2D eigenvalue weighted by Gasteiger charge is 2.15. The van der Waals surface area contributed by atoms with Gasteiger partial charge < -0.3 is 4.90 Å². The molecule has 0 aliphatic carbocycles. The van der Waals surface area contributed by atoms with Gasteiger partial charge in [-0.3, -0.25) is 4.79 Å². The zero-order valence-corrected chi connectivity index (χ0v) is 11.0. The van der Waals surface area contributed by atoms with Crippen LogP contribution in [0.25, 0.3) is 0 Å². The molecule has 2 nitrogen and oxygen atoms in total. The summed E-state index contributed by atoms with van der Waals surface area (Å²) < 4.78 is 0. The van der Waals surface area contributed by atoms with Gasteiger partial charge in [0.05, 0.1) is 5.56 Å². The second kappa shape index (κ2) is 6.59. The molecule has 0 aromatic heterocycles. The summed E-state index contributed by atoms with van der Waals surface area (Å²) in [6.07, 6.45) is 0. The third-order valence-corrected chi connectivity index (χ3v) is 3.42. The van der Waals surface area contributed by atoms with Crippen LogP contribution in [0, 0.1) is 0 Å². The molecule has 16 heavy (non-hydrogen) atoms. The molecule has 0 heterocycles. The van der Waals surface area contributed by atoms with Gasteiger partial charge in [0.25, 0.3) is 5.91 Å². The van der Waals surface area contributed by atoms with Gasteiger partial charge >= 0.3 is 0 Å². The molecule has 0 unspecified atom stereocenters. The van der Waals surface area contributed by atoms with Crippen molar-refractivity contribution in [3.8, 4) is 0 Å². The van der Waals surface area contributed by atoms with Gasteiger partial charge in [0.1, 0.15) is 0 Å². The molecule has 88 valence electrons. The molecule has 0 N–H and O–H groups in total. The van der Waals surface area contributed by atoms with Gasteiger partial charge in [0, 0.05) is 18.0 Å². The number of nitrogens with zero attached hydrogens (tertiary/aromatic N) is 1. The minimum absolute atomic E-state index is 0.140. The van der Waals surface area contributed by atoms with Crippen molar-refractivity contribution in [2.45, 2.75) is 25.7 Å². The van der Waals surface area contributed by atoms with Gasteiger partial charge in [-0.25, -0.2) is 0 Å². The molecular formula is C13H19NOS. The lowest BCUT2D eigenvalue weighted by atomic mass is 10.2.